The third-order valence-electron chi connectivity index (χ3n) is 6.93. The molecule has 8 heteroatoms. The van der Waals surface area contributed by atoms with E-state index in [9.17, 15) is 9.59 Å². The minimum atomic E-state index is -0.0756. The van der Waals surface area contributed by atoms with Gasteiger partial charge in [0.15, 0.2) is 5.82 Å². The molecule has 2 aliphatic rings. The predicted molar refractivity (Wildman–Crippen MR) is 127 cm³/mol. The largest absolute Gasteiger partial charge is 0.338 e. The van der Waals surface area contributed by atoms with Crippen LogP contribution in [0.2, 0.25) is 0 Å². The lowest BCUT2D eigenvalue weighted by atomic mass is 10.0. The number of rotatable bonds is 3. The zero-order chi connectivity index (χ0) is 23.2. The molecule has 5 heterocycles. The molecule has 1 aromatic carbocycles. The number of likely N-dealkylation sites (tertiary alicyclic amines) is 2. The predicted octanol–water partition coefficient (Wildman–Crippen LogP) is 3.17. The molecule has 3 aromatic heterocycles. The van der Waals surface area contributed by atoms with E-state index in [0.717, 1.165) is 16.6 Å². The molecule has 0 aliphatic carbocycles. The lowest BCUT2D eigenvalue weighted by Crippen LogP contribution is -2.36. The first-order valence-electron chi connectivity index (χ1n) is 11.5. The van der Waals surface area contributed by atoms with Crippen LogP contribution in [0.1, 0.15) is 26.4 Å². The van der Waals surface area contributed by atoms with Crippen LogP contribution >= 0.6 is 0 Å². The van der Waals surface area contributed by atoms with Crippen molar-refractivity contribution in [2.45, 2.75) is 6.92 Å². The van der Waals surface area contributed by atoms with Gasteiger partial charge >= 0.3 is 0 Å². The van der Waals surface area contributed by atoms with Crippen molar-refractivity contribution in [1.82, 2.24) is 29.7 Å². The fourth-order valence-corrected chi connectivity index (χ4v) is 5.10. The quantitative estimate of drug-likeness (QED) is 0.515. The standard InChI is InChI=1S/C26H24N6O2/c1-16-9-10-27-11-19(16)25(33)31-12-17-14-32(15-18(17)13-31)26(34)23-8-4-7-22(28-23)24-29-20-5-2-3-6-21(20)30-24/h2-11,17-18H,12-15H2,1H3,(H,29,30). The number of imidazole rings is 1. The van der Waals surface area contributed by atoms with Crippen LogP contribution in [0, 0.1) is 18.8 Å². The lowest BCUT2D eigenvalue weighted by Gasteiger charge is -2.22. The molecule has 0 saturated carbocycles. The molecule has 0 bridgehead atoms. The summed E-state index contributed by atoms with van der Waals surface area (Å²) in [4.78, 5) is 46.6. The van der Waals surface area contributed by atoms with Gasteiger partial charge in [-0.1, -0.05) is 18.2 Å². The number of pyridine rings is 2. The Morgan fingerprint density at radius 3 is 2.35 bits per heavy atom. The number of hydrogen-bond acceptors (Lipinski definition) is 5. The Balaban J connectivity index is 1.15. The van der Waals surface area contributed by atoms with Crippen LogP contribution < -0.4 is 0 Å². The van der Waals surface area contributed by atoms with Crippen LogP contribution in [0.5, 0.6) is 0 Å². The highest BCUT2D eigenvalue weighted by Gasteiger charge is 2.43. The summed E-state index contributed by atoms with van der Waals surface area (Å²) in [6, 6.07) is 15.1. The van der Waals surface area contributed by atoms with Gasteiger partial charge in [0.1, 0.15) is 11.4 Å². The summed E-state index contributed by atoms with van der Waals surface area (Å²) < 4.78 is 0. The molecule has 4 aromatic rings. The monoisotopic (exact) mass is 452 g/mol. The van der Waals surface area contributed by atoms with Crippen molar-refractivity contribution in [2.24, 2.45) is 11.8 Å². The number of hydrogen-bond donors (Lipinski definition) is 1. The Bertz CT molecular complexity index is 1370. The van der Waals surface area contributed by atoms with E-state index in [0.29, 0.717) is 49.0 Å². The maximum absolute atomic E-state index is 13.3. The molecule has 2 fully saturated rings. The number of benzene rings is 1. The number of aromatic amines is 1. The molecule has 2 unspecified atom stereocenters. The average molecular weight is 453 g/mol. The number of nitrogens with zero attached hydrogens (tertiary/aromatic N) is 5. The molecule has 170 valence electrons. The van der Waals surface area contributed by atoms with Gasteiger partial charge in [-0.15, -0.1) is 0 Å². The summed E-state index contributed by atoms with van der Waals surface area (Å²) in [6.45, 7) is 4.52. The van der Waals surface area contributed by atoms with Crippen LogP contribution in [0.15, 0.2) is 60.9 Å². The second kappa shape index (κ2) is 8.06. The molecular weight excluding hydrogens is 428 g/mol. The van der Waals surface area contributed by atoms with Gasteiger partial charge < -0.3 is 14.8 Å². The first-order valence-corrected chi connectivity index (χ1v) is 11.5. The van der Waals surface area contributed by atoms with Crippen molar-refractivity contribution in [2.75, 3.05) is 26.2 Å². The van der Waals surface area contributed by atoms with Gasteiger partial charge in [-0.2, -0.15) is 0 Å². The van der Waals surface area contributed by atoms with Crippen molar-refractivity contribution in [3.63, 3.8) is 0 Å². The Morgan fingerprint density at radius 1 is 0.882 bits per heavy atom. The number of carbonyl (C=O) groups excluding carboxylic acids is 2. The number of carbonyl (C=O) groups is 2. The minimum absolute atomic E-state index is 0.0260. The second-order valence-corrected chi connectivity index (χ2v) is 9.14. The first kappa shape index (κ1) is 20.5. The number of H-pyrrole nitrogens is 1. The summed E-state index contributed by atoms with van der Waals surface area (Å²) >= 11 is 0. The highest BCUT2D eigenvalue weighted by Crippen LogP contribution is 2.33. The Kier molecular flexibility index (Phi) is 4.86. The van der Waals surface area contributed by atoms with Crippen LogP contribution in [-0.2, 0) is 0 Å². The van der Waals surface area contributed by atoms with Gasteiger partial charge in [0, 0.05) is 50.4 Å². The number of para-hydroxylation sites is 2. The molecule has 0 spiro atoms. The molecule has 8 nitrogen and oxygen atoms in total. The molecular formula is C26H24N6O2. The van der Waals surface area contributed by atoms with Gasteiger partial charge in [-0.3, -0.25) is 14.6 Å². The maximum Gasteiger partial charge on any atom is 0.272 e. The zero-order valence-electron chi connectivity index (χ0n) is 18.8. The van der Waals surface area contributed by atoms with E-state index in [1.165, 1.54) is 0 Å². The van der Waals surface area contributed by atoms with Gasteiger partial charge in [-0.25, -0.2) is 9.97 Å². The van der Waals surface area contributed by atoms with Crippen LogP contribution in [-0.4, -0.2) is 67.7 Å². The summed E-state index contributed by atoms with van der Waals surface area (Å²) in [7, 11) is 0. The van der Waals surface area contributed by atoms with Crippen molar-refractivity contribution < 1.29 is 9.59 Å². The fourth-order valence-electron chi connectivity index (χ4n) is 5.10. The van der Waals surface area contributed by atoms with E-state index in [1.807, 2.05) is 59.2 Å². The van der Waals surface area contributed by atoms with Gasteiger partial charge in [0.05, 0.1) is 16.6 Å². The zero-order valence-corrected chi connectivity index (χ0v) is 18.8. The van der Waals surface area contributed by atoms with E-state index in [4.69, 9.17) is 0 Å². The molecule has 34 heavy (non-hydrogen) atoms. The van der Waals surface area contributed by atoms with Gasteiger partial charge in [-0.05, 0) is 42.8 Å². The van der Waals surface area contributed by atoms with E-state index < -0.39 is 0 Å². The highest BCUT2D eigenvalue weighted by atomic mass is 16.2. The third kappa shape index (κ3) is 3.51. The Labute approximate surface area is 196 Å². The van der Waals surface area contributed by atoms with E-state index in [2.05, 4.69) is 19.9 Å². The van der Waals surface area contributed by atoms with Crippen molar-refractivity contribution in [1.29, 1.82) is 0 Å². The number of nitrogens with one attached hydrogen (secondary N) is 1. The fraction of sp³-hybridized carbons (Fsp3) is 0.269. The van der Waals surface area contributed by atoms with Crippen LogP contribution in [0.4, 0.5) is 0 Å². The van der Waals surface area contributed by atoms with Crippen LogP contribution in [0.3, 0.4) is 0 Å². The van der Waals surface area contributed by atoms with Crippen LogP contribution in [0.25, 0.3) is 22.6 Å². The summed E-state index contributed by atoms with van der Waals surface area (Å²) in [6.07, 6.45) is 3.34. The smallest absolute Gasteiger partial charge is 0.272 e. The second-order valence-electron chi connectivity index (χ2n) is 9.14. The third-order valence-corrected chi connectivity index (χ3v) is 6.93. The molecule has 2 amide bonds. The highest BCUT2D eigenvalue weighted by molar-refractivity contribution is 5.96. The molecule has 0 radical (unpaired) electrons. The first-order chi connectivity index (χ1) is 16.6. The number of fused-ring (bicyclic) bond motifs is 2. The van der Waals surface area contributed by atoms with Gasteiger partial charge in [0.2, 0.25) is 0 Å². The maximum atomic E-state index is 13.3. The molecule has 6 rings (SSSR count). The molecule has 1 N–H and O–H groups in total. The number of amides is 2. The van der Waals surface area contributed by atoms with E-state index in [1.54, 1.807) is 18.5 Å². The van der Waals surface area contributed by atoms with E-state index >= 15 is 0 Å². The topological polar surface area (TPSA) is 95.1 Å². The minimum Gasteiger partial charge on any atom is -0.338 e. The number of aryl methyl sites for hydroxylation is 1. The summed E-state index contributed by atoms with van der Waals surface area (Å²) in [5, 5.41) is 0. The van der Waals surface area contributed by atoms with Crippen molar-refractivity contribution >= 4 is 22.8 Å². The van der Waals surface area contributed by atoms with Gasteiger partial charge in [0.25, 0.3) is 11.8 Å². The summed E-state index contributed by atoms with van der Waals surface area (Å²) in [5.74, 6) is 1.16. The Hall–Kier alpha value is -4.07. The molecule has 2 atom stereocenters. The Morgan fingerprint density at radius 2 is 1.62 bits per heavy atom. The lowest BCUT2D eigenvalue weighted by molar-refractivity contribution is 0.0735. The summed E-state index contributed by atoms with van der Waals surface area (Å²) in [5.41, 5.74) is 4.45. The average Bonchev–Trinajstić information content (AvgIpc) is 3.57. The van der Waals surface area contributed by atoms with Crippen molar-refractivity contribution in [3.8, 4) is 11.5 Å². The van der Waals surface area contributed by atoms with Crippen molar-refractivity contribution in [3.05, 3.63) is 77.7 Å². The molecule has 2 aliphatic heterocycles. The normalized spacial score (nSPS) is 19.6. The van der Waals surface area contributed by atoms with E-state index in [-0.39, 0.29) is 23.7 Å². The number of aromatic nitrogens is 4. The molecule has 2 saturated heterocycles. The SMILES string of the molecule is Cc1ccncc1C(=O)N1CC2CN(C(=O)c3cccc(-c4nc5ccccc5[nH]4)n3)CC2C1.